The maximum absolute atomic E-state index is 14.1. The lowest BCUT2D eigenvalue weighted by Crippen LogP contribution is -2.41. The molecule has 28 heavy (non-hydrogen) atoms. The molecule has 148 valence electrons. The van der Waals surface area contributed by atoms with Crippen molar-refractivity contribution in [3.05, 3.63) is 64.5 Å². The molecule has 0 saturated carbocycles. The highest BCUT2D eigenvalue weighted by molar-refractivity contribution is 6.39. The number of rotatable bonds is 3. The number of amides is 2. The van der Waals surface area contributed by atoms with Crippen LogP contribution in [0, 0.1) is 18.7 Å². The maximum Gasteiger partial charge on any atom is 0.313 e. The van der Waals surface area contributed by atoms with E-state index in [1.54, 1.807) is 6.07 Å². The second-order valence-corrected chi connectivity index (χ2v) is 7.92. The Labute approximate surface area is 165 Å². The summed E-state index contributed by atoms with van der Waals surface area (Å²) in [7, 11) is 0. The summed E-state index contributed by atoms with van der Waals surface area (Å²) in [6.07, 6.45) is 1.40. The molecule has 0 aliphatic heterocycles. The highest BCUT2D eigenvalue weighted by atomic mass is 19.1. The molecule has 2 aromatic rings. The van der Waals surface area contributed by atoms with Crippen molar-refractivity contribution in [3.63, 3.8) is 0 Å². The van der Waals surface area contributed by atoms with Gasteiger partial charge >= 0.3 is 11.8 Å². The van der Waals surface area contributed by atoms with Crippen molar-refractivity contribution in [2.45, 2.75) is 52.5 Å². The second kappa shape index (κ2) is 8.13. The van der Waals surface area contributed by atoms with E-state index in [-0.39, 0.29) is 23.7 Å². The molecule has 0 radical (unpaired) electrons. The van der Waals surface area contributed by atoms with E-state index in [0.717, 1.165) is 23.1 Å². The Balaban J connectivity index is 1.80. The summed E-state index contributed by atoms with van der Waals surface area (Å²) in [5, 5.41) is 5.60. The van der Waals surface area contributed by atoms with Gasteiger partial charge in [-0.25, -0.2) is 4.39 Å². The SMILES string of the molecule is Cc1cccc(C(C)C)c1NC(=O)C(=O)N[C@H]1c2cccc(F)c2CC[C@H]1C. The molecule has 3 rings (SSSR count). The average Bonchev–Trinajstić information content (AvgIpc) is 2.65. The molecule has 0 unspecified atom stereocenters. The summed E-state index contributed by atoms with van der Waals surface area (Å²) >= 11 is 0. The Morgan fingerprint density at radius 3 is 2.54 bits per heavy atom. The van der Waals surface area contributed by atoms with Crippen molar-refractivity contribution in [3.8, 4) is 0 Å². The van der Waals surface area contributed by atoms with Crippen molar-refractivity contribution >= 4 is 17.5 Å². The third-order valence-electron chi connectivity index (χ3n) is 5.57. The van der Waals surface area contributed by atoms with Crippen LogP contribution in [0.1, 0.15) is 61.4 Å². The molecule has 0 aromatic heterocycles. The fraction of sp³-hybridized carbons (Fsp3) is 0.391. The molecule has 2 amide bonds. The number of fused-ring (bicyclic) bond motifs is 1. The smallest absolute Gasteiger partial charge is 0.313 e. The first-order valence-corrected chi connectivity index (χ1v) is 9.78. The summed E-state index contributed by atoms with van der Waals surface area (Å²) in [5.41, 5.74) is 3.97. The summed E-state index contributed by atoms with van der Waals surface area (Å²) in [6, 6.07) is 10.3. The third-order valence-corrected chi connectivity index (χ3v) is 5.57. The standard InChI is InChI=1S/C23H27FN2O2/c1-13(2)16-8-5-7-14(3)20(16)25-22(27)23(28)26-21-15(4)11-12-17-18(21)9-6-10-19(17)24/h5-10,13,15,21H,11-12H2,1-4H3,(H,25,27)(H,26,28)/t15-,21-/m1/s1. The topological polar surface area (TPSA) is 58.2 Å². The molecule has 0 saturated heterocycles. The van der Waals surface area contributed by atoms with E-state index in [2.05, 4.69) is 10.6 Å². The van der Waals surface area contributed by atoms with Gasteiger partial charge in [-0.15, -0.1) is 0 Å². The van der Waals surface area contributed by atoms with Gasteiger partial charge in [-0.2, -0.15) is 0 Å². The molecule has 1 aliphatic rings. The number of para-hydroxylation sites is 1. The molecule has 1 aliphatic carbocycles. The third kappa shape index (κ3) is 3.93. The molecular weight excluding hydrogens is 355 g/mol. The number of benzene rings is 2. The van der Waals surface area contributed by atoms with Crippen LogP contribution in [-0.2, 0) is 16.0 Å². The van der Waals surface area contributed by atoms with Crippen LogP contribution in [0.3, 0.4) is 0 Å². The predicted octanol–water partition coefficient (Wildman–Crippen LogP) is 4.64. The highest BCUT2D eigenvalue weighted by Gasteiger charge is 2.31. The normalized spacial score (nSPS) is 18.5. The van der Waals surface area contributed by atoms with Crippen LogP contribution in [0.5, 0.6) is 0 Å². The van der Waals surface area contributed by atoms with E-state index in [4.69, 9.17) is 0 Å². The van der Waals surface area contributed by atoms with Crippen LogP contribution < -0.4 is 10.6 Å². The van der Waals surface area contributed by atoms with E-state index in [9.17, 15) is 14.0 Å². The first-order chi connectivity index (χ1) is 13.3. The van der Waals surface area contributed by atoms with Gasteiger partial charge < -0.3 is 10.6 Å². The predicted molar refractivity (Wildman–Crippen MR) is 109 cm³/mol. The van der Waals surface area contributed by atoms with Crippen LogP contribution >= 0.6 is 0 Å². The van der Waals surface area contributed by atoms with Crippen molar-refractivity contribution < 1.29 is 14.0 Å². The monoisotopic (exact) mass is 382 g/mol. The van der Waals surface area contributed by atoms with E-state index in [1.165, 1.54) is 6.07 Å². The van der Waals surface area contributed by atoms with Gasteiger partial charge in [0.1, 0.15) is 5.82 Å². The number of carbonyl (C=O) groups is 2. The van der Waals surface area contributed by atoms with Gasteiger partial charge in [0, 0.05) is 5.69 Å². The van der Waals surface area contributed by atoms with Crippen molar-refractivity contribution in [2.24, 2.45) is 5.92 Å². The van der Waals surface area contributed by atoms with Crippen LogP contribution in [0.25, 0.3) is 0 Å². The molecule has 0 spiro atoms. The quantitative estimate of drug-likeness (QED) is 0.760. The Morgan fingerprint density at radius 1 is 1.11 bits per heavy atom. The van der Waals surface area contributed by atoms with Gasteiger partial charge in [0.2, 0.25) is 0 Å². The maximum atomic E-state index is 14.1. The van der Waals surface area contributed by atoms with Gasteiger partial charge in [-0.3, -0.25) is 9.59 Å². The molecule has 5 heteroatoms. The van der Waals surface area contributed by atoms with Crippen molar-refractivity contribution in [1.29, 1.82) is 0 Å². The fourth-order valence-corrected chi connectivity index (χ4v) is 3.92. The molecule has 0 heterocycles. The summed E-state index contributed by atoms with van der Waals surface area (Å²) < 4.78 is 14.1. The van der Waals surface area contributed by atoms with Gasteiger partial charge in [-0.1, -0.05) is 51.1 Å². The largest absolute Gasteiger partial charge is 0.341 e. The lowest BCUT2D eigenvalue weighted by Gasteiger charge is -2.32. The van der Waals surface area contributed by atoms with E-state index in [1.807, 2.05) is 52.0 Å². The molecule has 4 nitrogen and oxygen atoms in total. The van der Waals surface area contributed by atoms with E-state index < -0.39 is 11.8 Å². The summed E-state index contributed by atoms with van der Waals surface area (Å²) in [6.45, 7) is 8.00. The average molecular weight is 382 g/mol. The minimum Gasteiger partial charge on any atom is -0.341 e. The fourth-order valence-electron chi connectivity index (χ4n) is 3.92. The van der Waals surface area contributed by atoms with E-state index >= 15 is 0 Å². The zero-order chi connectivity index (χ0) is 20.4. The van der Waals surface area contributed by atoms with E-state index in [0.29, 0.717) is 17.7 Å². The number of aryl methyl sites for hydroxylation is 1. The number of carbonyl (C=O) groups excluding carboxylic acids is 2. The van der Waals surface area contributed by atoms with Crippen LogP contribution in [0.2, 0.25) is 0 Å². The summed E-state index contributed by atoms with van der Waals surface area (Å²) in [5.74, 6) is -1.32. The second-order valence-electron chi connectivity index (χ2n) is 7.92. The highest BCUT2D eigenvalue weighted by Crippen LogP contribution is 2.35. The molecule has 0 bridgehead atoms. The number of anilines is 1. The minimum atomic E-state index is -0.702. The van der Waals surface area contributed by atoms with Gasteiger partial charge in [0.15, 0.2) is 0 Å². The molecule has 2 aromatic carbocycles. The van der Waals surface area contributed by atoms with Gasteiger partial charge in [0.05, 0.1) is 6.04 Å². The van der Waals surface area contributed by atoms with Crippen LogP contribution in [0.15, 0.2) is 36.4 Å². The Kier molecular flexibility index (Phi) is 5.82. The first-order valence-electron chi connectivity index (χ1n) is 9.78. The zero-order valence-corrected chi connectivity index (χ0v) is 16.8. The first kappa shape index (κ1) is 20.1. The van der Waals surface area contributed by atoms with Crippen molar-refractivity contribution in [2.75, 3.05) is 5.32 Å². The zero-order valence-electron chi connectivity index (χ0n) is 16.8. The molecular formula is C23H27FN2O2. The molecule has 2 N–H and O–H groups in total. The lowest BCUT2D eigenvalue weighted by atomic mass is 9.80. The van der Waals surface area contributed by atoms with Crippen LogP contribution in [0.4, 0.5) is 10.1 Å². The molecule has 0 fully saturated rings. The van der Waals surface area contributed by atoms with Crippen LogP contribution in [-0.4, -0.2) is 11.8 Å². The molecule has 2 atom stereocenters. The Morgan fingerprint density at radius 2 is 1.82 bits per heavy atom. The Hall–Kier alpha value is -2.69. The van der Waals surface area contributed by atoms with Gasteiger partial charge in [0.25, 0.3) is 0 Å². The number of hydrogen-bond donors (Lipinski definition) is 2. The van der Waals surface area contributed by atoms with Gasteiger partial charge in [-0.05, 0) is 59.9 Å². The lowest BCUT2D eigenvalue weighted by molar-refractivity contribution is -0.136. The Bertz CT molecular complexity index is 907. The minimum absolute atomic E-state index is 0.121. The van der Waals surface area contributed by atoms with Crippen molar-refractivity contribution in [1.82, 2.24) is 5.32 Å². The number of hydrogen-bond acceptors (Lipinski definition) is 2. The summed E-state index contributed by atoms with van der Waals surface area (Å²) in [4.78, 5) is 25.2. The number of nitrogens with one attached hydrogen (secondary N) is 2. The number of halogens is 1.